The Hall–Kier alpha value is -0.240. The van der Waals surface area contributed by atoms with Crippen LogP contribution in [0, 0.1) is 0 Å². The van der Waals surface area contributed by atoms with Crippen LogP contribution in [-0.4, -0.2) is 12.0 Å². The van der Waals surface area contributed by atoms with Crippen molar-refractivity contribution in [3.05, 3.63) is 0 Å². The van der Waals surface area contributed by atoms with Gasteiger partial charge in [-0.15, -0.1) is 0 Å². The van der Waals surface area contributed by atoms with Crippen LogP contribution in [0.4, 0.5) is 4.79 Å². The zero-order chi connectivity index (χ0) is 19.1. The first-order valence-electron chi connectivity index (χ1n) is 11.6. The van der Waals surface area contributed by atoms with Gasteiger partial charge in [-0.25, -0.2) is 4.79 Å². The van der Waals surface area contributed by atoms with Crippen molar-refractivity contribution in [2.24, 2.45) is 0 Å². The highest BCUT2D eigenvalue weighted by Crippen LogP contribution is 2.14. The van der Waals surface area contributed by atoms with Gasteiger partial charge in [0.1, 0.15) is 0 Å². The van der Waals surface area contributed by atoms with E-state index in [1.807, 2.05) is 0 Å². The van der Waals surface area contributed by atoms with E-state index < -0.39 is 5.43 Å². The molecular weight excluding hydrogens is 344 g/mol. The fourth-order valence-corrected chi connectivity index (χ4v) is 3.59. The average Bonchev–Trinajstić information content (AvgIpc) is 2.62. The molecule has 0 aromatic carbocycles. The lowest BCUT2D eigenvalue weighted by atomic mass is 10.0. The van der Waals surface area contributed by atoms with E-state index in [4.69, 9.17) is 16.3 Å². The van der Waals surface area contributed by atoms with Gasteiger partial charge in [0.25, 0.3) is 0 Å². The Kier molecular flexibility index (Phi) is 22.6. The minimum absolute atomic E-state index is 0.474. The Morgan fingerprint density at radius 2 is 0.808 bits per heavy atom. The first-order valence-corrected chi connectivity index (χ1v) is 12.0. The first-order chi connectivity index (χ1) is 12.8. The summed E-state index contributed by atoms with van der Waals surface area (Å²) in [7, 11) is 0. The van der Waals surface area contributed by atoms with Crippen LogP contribution >= 0.6 is 11.6 Å². The molecule has 0 radical (unpaired) electrons. The first kappa shape index (κ1) is 25.8. The Balaban J connectivity index is 2.98. The molecule has 0 aromatic heterocycles. The van der Waals surface area contributed by atoms with E-state index in [2.05, 4.69) is 6.92 Å². The summed E-state index contributed by atoms with van der Waals surface area (Å²) in [6.07, 6.45) is 27.5. The molecule has 156 valence electrons. The highest BCUT2D eigenvalue weighted by molar-refractivity contribution is 6.61. The number of carbonyl (C=O) groups excluding carboxylic acids is 1. The normalized spacial score (nSPS) is 11.0. The van der Waals surface area contributed by atoms with Crippen molar-refractivity contribution >= 4 is 17.0 Å². The molecule has 0 aliphatic carbocycles. The smallest absolute Gasteiger partial charge is 0.403 e. The molecule has 3 heteroatoms. The fourth-order valence-electron chi connectivity index (χ4n) is 3.51. The summed E-state index contributed by atoms with van der Waals surface area (Å²) in [6.45, 7) is 2.76. The highest BCUT2D eigenvalue weighted by atomic mass is 35.5. The molecular formula is C23H45ClO2. The molecule has 0 heterocycles. The maximum atomic E-state index is 10.4. The molecule has 0 rings (SSSR count). The third-order valence-corrected chi connectivity index (χ3v) is 5.32. The third-order valence-electron chi connectivity index (χ3n) is 5.21. The quantitative estimate of drug-likeness (QED) is 0.144. The van der Waals surface area contributed by atoms with Gasteiger partial charge < -0.3 is 4.74 Å². The van der Waals surface area contributed by atoms with Crippen molar-refractivity contribution < 1.29 is 9.53 Å². The van der Waals surface area contributed by atoms with E-state index in [0.29, 0.717) is 6.61 Å². The van der Waals surface area contributed by atoms with Crippen molar-refractivity contribution in [2.75, 3.05) is 6.61 Å². The summed E-state index contributed by atoms with van der Waals surface area (Å²) in [5.41, 5.74) is -0.678. The molecule has 0 bridgehead atoms. The number of hydrogen-bond donors (Lipinski definition) is 0. The maximum absolute atomic E-state index is 10.4. The Labute approximate surface area is 168 Å². The Morgan fingerprint density at radius 1 is 0.538 bits per heavy atom. The predicted molar refractivity (Wildman–Crippen MR) is 115 cm³/mol. The van der Waals surface area contributed by atoms with Crippen LogP contribution in [-0.2, 0) is 4.74 Å². The maximum Gasteiger partial charge on any atom is 0.403 e. The van der Waals surface area contributed by atoms with E-state index in [1.54, 1.807) is 0 Å². The zero-order valence-electron chi connectivity index (χ0n) is 17.5. The molecule has 0 aliphatic heterocycles. The van der Waals surface area contributed by atoms with Crippen LogP contribution in [0.25, 0.3) is 0 Å². The Morgan fingerprint density at radius 3 is 1.08 bits per heavy atom. The van der Waals surface area contributed by atoms with Crippen molar-refractivity contribution in [3.8, 4) is 0 Å². The molecule has 0 aromatic rings. The van der Waals surface area contributed by atoms with E-state index in [0.717, 1.165) is 12.8 Å². The van der Waals surface area contributed by atoms with Gasteiger partial charge in [-0.2, -0.15) is 0 Å². The second-order valence-electron chi connectivity index (χ2n) is 7.80. The molecule has 0 saturated heterocycles. The Bertz CT molecular complexity index is 281. The molecule has 0 amide bonds. The van der Waals surface area contributed by atoms with Gasteiger partial charge in [0, 0.05) is 11.6 Å². The second-order valence-corrected chi connectivity index (χ2v) is 8.11. The number of hydrogen-bond acceptors (Lipinski definition) is 2. The molecule has 0 aliphatic rings. The summed E-state index contributed by atoms with van der Waals surface area (Å²) >= 11 is 5.11. The van der Waals surface area contributed by atoms with E-state index in [-0.39, 0.29) is 0 Å². The molecule has 0 N–H and O–H groups in total. The van der Waals surface area contributed by atoms with Gasteiger partial charge in [-0.05, 0) is 6.42 Å². The SMILES string of the molecule is CCCCCCCCCCCCCCCCCCCCCCOC(=O)Cl. The zero-order valence-corrected chi connectivity index (χ0v) is 18.3. The number of unbranched alkanes of at least 4 members (excludes halogenated alkanes) is 19. The van der Waals surface area contributed by atoms with Crippen LogP contribution in [0.15, 0.2) is 0 Å². The van der Waals surface area contributed by atoms with Crippen LogP contribution in [0.2, 0.25) is 0 Å². The molecule has 26 heavy (non-hydrogen) atoms. The van der Waals surface area contributed by atoms with Crippen LogP contribution < -0.4 is 0 Å². The predicted octanol–water partition coefficient (Wildman–Crippen LogP) is 9.18. The standard InChI is InChI=1S/C23H45ClO2/c1-2-3-4-5-6-7-8-9-10-11-12-13-14-15-16-17-18-19-20-21-22-26-23(24)25/h2-22H2,1H3. The lowest BCUT2D eigenvalue weighted by Crippen LogP contribution is -1.96. The van der Waals surface area contributed by atoms with Crippen molar-refractivity contribution in [1.82, 2.24) is 0 Å². The van der Waals surface area contributed by atoms with Crippen molar-refractivity contribution in [1.29, 1.82) is 0 Å². The van der Waals surface area contributed by atoms with Crippen LogP contribution in [0.3, 0.4) is 0 Å². The molecule has 2 nitrogen and oxygen atoms in total. The summed E-state index contributed by atoms with van der Waals surface area (Å²) in [5, 5.41) is 0. The van der Waals surface area contributed by atoms with Crippen molar-refractivity contribution in [2.45, 2.75) is 135 Å². The van der Waals surface area contributed by atoms with E-state index >= 15 is 0 Å². The second kappa shape index (κ2) is 22.8. The molecule has 0 unspecified atom stereocenters. The van der Waals surface area contributed by atoms with Gasteiger partial charge in [0.05, 0.1) is 6.61 Å². The summed E-state index contributed by atoms with van der Waals surface area (Å²) in [5.74, 6) is 0. The monoisotopic (exact) mass is 388 g/mol. The minimum Gasteiger partial charge on any atom is -0.454 e. The molecule has 0 fully saturated rings. The van der Waals surface area contributed by atoms with Gasteiger partial charge in [-0.3, -0.25) is 0 Å². The van der Waals surface area contributed by atoms with Crippen LogP contribution in [0.1, 0.15) is 135 Å². The van der Waals surface area contributed by atoms with Gasteiger partial charge in [0.15, 0.2) is 0 Å². The summed E-state index contributed by atoms with van der Waals surface area (Å²) in [6, 6.07) is 0. The summed E-state index contributed by atoms with van der Waals surface area (Å²) < 4.78 is 4.71. The van der Waals surface area contributed by atoms with Crippen LogP contribution in [0.5, 0.6) is 0 Å². The largest absolute Gasteiger partial charge is 0.454 e. The summed E-state index contributed by atoms with van der Waals surface area (Å²) in [4.78, 5) is 10.4. The van der Waals surface area contributed by atoms with Crippen molar-refractivity contribution in [3.63, 3.8) is 0 Å². The number of ether oxygens (including phenoxy) is 1. The molecule has 0 saturated carbocycles. The highest BCUT2D eigenvalue weighted by Gasteiger charge is 1.97. The lowest BCUT2D eigenvalue weighted by molar-refractivity contribution is 0.170. The lowest BCUT2D eigenvalue weighted by Gasteiger charge is -2.04. The fraction of sp³-hybridized carbons (Fsp3) is 0.957. The van der Waals surface area contributed by atoms with Gasteiger partial charge in [-0.1, -0.05) is 129 Å². The topological polar surface area (TPSA) is 26.3 Å². The number of halogens is 1. The third kappa shape index (κ3) is 23.8. The van der Waals surface area contributed by atoms with Gasteiger partial charge >= 0.3 is 5.43 Å². The number of carbonyl (C=O) groups is 1. The minimum atomic E-state index is -0.678. The molecule has 0 spiro atoms. The average molecular weight is 389 g/mol. The molecule has 0 atom stereocenters. The van der Waals surface area contributed by atoms with E-state index in [1.165, 1.54) is 116 Å². The van der Waals surface area contributed by atoms with Gasteiger partial charge in [0.2, 0.25) is 0 Å². The van der Waals surface area contributed by atoms with E-state index in [9.17, 15) is 4.79 Å². The number of rotatable bonds is 21.